The first-order valence-electron chi connectivity index (χ1n) is 4.94. The molecule has 0 atom stereocenters. The number of carbonyl (C=O) groups is 1. The SMILES string of the molecule is CC.O=C(O)Cc1ccccc1OC(F)(F)F. The van der Waals surface area contributed by atoms with Gasteiger partial charge in [0.05, 0.1) is 6.42 Å². The van der Waals surface area contributed by atoms with E-state index in [9.17, 15) is 18.0 Å². The van der Waals surface area contributed by atoms with Crippen LogP contribution in [0.5, 0.6) is 5.75 Å². The average Bonchev–Trinajstić information content (AvgIpc) is 2.21. The van der Waals surface area contributed by atoms with Gasteiger partial charge in [-0.2, -0.15) is 0 Å². The molecule has 1 rings (SSSR count). The van der Waals surface area contributed by atoms with E-state index in [1.807, 2.05) is 13.8 Å². The summed E-state index contributed by atoms with van der Waals surface area (Å²) in [6.07, 6.45) is -5.32. The summed E-state index contributed by atoms with van der Waals surface area (Å²) in [4.78, 5) is 10.3. The molecule has 0 saturated heterocycles. The molecule has 0 aromatic heterocycles. The number of benzene rings is 1. The molecule has 0 amide bonds. The van der Waals surface area contributed by atoms with E-state index in [4.69, 9.17) is 5.11 Å². The Kier molecular flexibility index (Phi) is 6.09. The predicted molar refractivity (Wildman–Crippen MR) is 55.8 cm³/mol. The molecule has 0 spiro atoms. The van der Waals surface area contributed by atoms with Crippen LogP contribution in [0.1, 0.15) is 19.4 Å². The fraction of sp³-hybridized carbons (Fsp3) is 0.364. The molecule has 1 aromatic carbocycles. The van der Waals surface area contributed by atoms with Crippen LogP contribution < -0.4 is 4.74 Å². The minimum Gasteiger partial charge on any atom is -0.481 e. The number of aliphatic carboxylic acids is 1. The molecule has 1 aromatic rings. The Balaban J connectivity index is 0.00000121. The van der Waals surface area contributed by atoms with Crippen LogP contribution >= 0.6 is 0 Å². The third-order valence-electron chi connectivity index (χ3n) is 1.54. The van der Waals surface area contributed by atoms with E-state index < -0.39 is 24.5 Å². The number of hydrogen-bond donors (Lipinski definition) is 1. The lowest BCUT2D eigenvalue weighted by Gasteiger charge is -2.11. The summed E-state index contributed by atoms with van der Waals surface area (Å²) in [6.45, 7) is 4.00. The molecule has 0 aliphatic rings. The lowest BCUT2D eigenvalue weighted by molar-refractivity contribution is -0.274. The van der Waals surface area contributed by atoms with Gasteiger partial charge in [0.2, 0.25) is 0 Å². The maximum absolute atomic E-state index is 11.9. The standard InChI is InChI=1S/C9H7F3O3.C2H6/c10-9(11,12)15-7-4-2-1-3-6(7)5-8(13)14;1-2/h1-4H,5H2,(H,13,14);1-2H3. The number of hydrogen-bond acceptors (Lipinski definition) is 2. The Morgan fingerprint density at radius 1 is 1.29 bits per heavy atom. The van der Waals surface area contributed by atoms with Crippen molar-refractivity contribution in [3.8, 4) is 5.75 Å². The van der Waals surface area contributed by atoms with Gasteiger partial charge in [0.25, 0.3) is 0 Å². The molecule has 96 valence electrons. The third-order valence-corrected chi connectivity index (χ3v) is 1.54. The number of carboxylic acids is 1. The van der Waals surface area contributed by atoms with Crippen molar-refractivity contribution in [3.63, 3.8) is 0 Å². The lowest BCUT2D eigenvalue weighted by atomic mass is 10.1. The monoisotopic (exact) mass is 250 g/mol. The Bertz CT molecular complexity index is 361. The van der Waals surface area contributed by atoms with Gasteiger partial charge in [0.1, 0.15) is 5.75 Å². The second kappa shape index (κ2) is 6.78. The van der Waals surface area contributed by atoms with E-state index in [1.54, 1.807) is 0 Å². The predicted octanol–water partition coefficient (Wildman–Crippen LogP) is 3.24. The topological polar surface area (TPSA) is 46.5 Å². The number of halogens is 3. The quantitative estimate of drug-likeness (QED) is 0.895. The average molecular weight is 250 g/mol. The number of alkyl halides is 3. The van der Waals surface area contributed by atoms with Crippen LogP contribution in [0.4, 0.5) is 13.2 Å². The highest BCUT2D eigenvalue weighted by Crippen LogP contribution is 2.26. The highest BCUT2D eigenvalue weighted by atomic mass is 19.4. The molecule has 6 heteroatoms. The van der Waals surface area contributed by atoms with E-state index in [-0.39, 0.29) is 5.56 Å². The van der Waals surface area contributed by atoms with E-state index in [1.165, 1.54) is 18.2 Å². The Morgan fingerprint density at radius 2 is 1.82 bits per heavy atom. The maximum Gasteiger partial charge on any atom is 0.573 e. The van der Waals surface area contributed by atoms with Crippen molar-refractivity contribution in [3.05, 3.63) is 29.8 Å². The van der Waals surface area contributed by atoms with Crippen molar-refractivity contribution < 1.29 is 27.8 Å². The largest absolute Gasteiger partial charge is 0.573 e. The molecule has 17 heavy (non-hydrogen) atoms. The summed E-state index contributed by atoms with van der Waals surface area (Å²) < 4.78 is 39.3. The number of para-hydroxylation sites is 1. The van der Waals surface area contributed by atoms with Gasteiger partial charge in [0.15, 0.2) is 0 Å². The van der Waals surface area contributed by atoms with Gasteiger partial charge in [-0.05, 0) is 6.07 Å². The van der Waals surface area contributed by atoms with Crippen LogP contribution in [0.25, 0.3) is 0 Å². The molecule has 0 aliphatic heterocycles. The van der Waals surface area contributed by atoms with E-state index >= 15 is 0 Å². The van der Waals surface area contributed by atoms with Crippen LogP contribution in [0.15, 0.2) is 24.3 Å². The van der Waals surface area contributed by atoms with Gasteiger partial charge < -0.3 is 9.84 Å². The van der Waals surface area contributed by atoms with Gasteiger partial charge in [-0.15, -0.1) is 13.2 Å². The highest BCUT2D eigenvalue weighted by molar-refractivity contribution is 5.71. The van der Waals surface area contributed by atoms with Crippen molar-refractivity contribution in [2.24, 2.45) is 0 Å². The zero-order valence-electron chi connectivity index (χ0n) is 9.41. The van der Waals surface area contributed by atoms with Crippen molar-refractivity contribution in [2.75, 3.05) is 0 Å². The first kappa shape index (κ1) is 15.3. The van der Waals surface area contributed by atoms with Crippen LogP contribution in [0.3, 0.4) is 0 Å². The Hall–Kier alpha value is -1.72. The second-order valence-electron chi connectivity index (χ2n) is 2.73. The summed E-state index contributed by atoms with van der Waals surface area (Å²) in [5, 5.41) is 8.45. The first-order valence-corrected chi connectivity index (χ1v) is 4.94. The summed E-state index contributed by atoms with van der Waals surface area (Å²) in [6, 6.07) is 5.13. The van der Waals surface area contributed by atoms with Gasteiger partial charge in [-0.3, -0.25) is 4.79 Å². The van der Waals surface area contributed by atoms with Crippen molar-refractivity contribution in [1.29, 1.82) is 0 Å². The summed E-state index contributed by atoms with van der Waals surface area (Å²) in [7, 11) is 0. The van der Waals surface area contributed by atoms with Crippen molar-refractivity contribution in [2.45, 2.75) is 26.6 Å². The molecule has 0 unspecified atom stereocenters. The minimum absolute atomic E-state index is 0.0117. The molecule has 1 N–H and O–H groups in total. The Morgan fingerprint density at radius 3 is 2.29 bits per heavy atom. The van der Waals surface area contributed by atoms with Crippen LogP contribution in [-0.2, 0) is 11.2 Å². The molecule has 0 radical (unpaired) electrons. The van der Waals surface area contributed by atoms with E-state index in [0.717, 1.165) is 6.07 Å². The molecule has 0 saturated carbocycles. The van der Waals surface area contributed by atoms with Gasteiger partial charge in [-0.1, -0.05) is 32.0 Å². The van der Waals surface area contributed by atoms with E-state index in [2.05, 4.69) is 4.74 Å². The normalized spacial score (nSPS) is 10.2. The summed E-state index contributed by atoms with van der Waals surface area (Å²) >= 11 is 0. The van der Waals surface area contributed by atoms with Crippen LogP contribution in [0, 0.1) is 0 Å². The fourth-order valence-corrected chi connectivity index (χ4v) is 1.04. The zero-order valence-corrected chi connectivity index (χ0v) is 9.41. The summed E-state index contributed by atoms with van der Waals surface area (Å²) in [5.74, 6) is -1.69. The number of rotatable bonds is 3. The van der Waals surface area contributed by atoms with Gasteiger partial charge in [0, 0.05) is 5.56 Å². The Labute approximate surface area is 96.8 Å². The summed E-state index contributed by atoms with van der Waals surface area (Å²) in [5.41, 5.74) is -0.0117. The zero-order chi connectivity index (χ0) is 13.5. The van der Waals surface area contributed by atoms with Crippen LogP contribution in [0.2, 0.25) is 0 Å². The minimum atomic E-state index is -4.81. The molecular weight excluding hydrogens is 237 g/mol. The molecule has 3 nitrogen and oxygen atoms in total. The lowest BCUT2D eigenvalue weighted by Crippen LogP contribution is -2.18. The molecule has 0 aliphatic carbocycles. The first-order chi connectivity index (χ1) is 7.88. The maximum atomic E-state index is 11.9. The van der Waals surface area contributed by atoms with Gasteiger partial charge in [-0.25, -0.2) is 0 Å². The second-order valence-corrected chi connectivity index (χ2v) is 2.73. The molecular formula is C11H13F3O3. The third kappa shape index (κ3) is 6.44. The van der Waals surface area contributed by atoms with Crippen molar-refractivity contribution in [1.82, 2.24) is 0 Å². The molecule has 0 bridgehead atoms. The highest BCUT2D eigenvalue weighted by Gasteiger charge is 2.32. The van der Waals surface area contributed by atoms with Gasteiger partial charge >= 0.3 is 12.3 Å². The number of carboxylic acid groups (broad SMARTS) is 1. The smallest absolute Gasteiger partial charge is 0.481 e. The van der Waals surface area contributed by atoms with Crippen LogP contribution in [-0.4, -0.2) is 17.4 Å². The van der Waals surface area contributed by atoms with Crippen molar-refractivity contribution >= 4 is 5.97 Å². The fourth-order valence-electron chi connectivity index (χ4n) is 1.04. The molecule has 0 heterocycles. The van der Waals surface area contributed by atoms with E-state index in [0.29, 0.717) is 0 Å². The number of ether oxygens (including phenoxy) is 1. The molecule has 0 fully saturated rings.